The van der Waals surface area contributed by atoms with E-state index in [2.05, 4.69) is 12.2 Å². The van der Waals surface area contributed by atoms with Crippen LogP contribution >= 0.6 is 0 Å². The van der Waals surface area contributed by atoms with E-state index in [0.29, 0.717) is 12.3 Å². The normalized spacial score (nSPS) is 12.2. The van der Waals surface area contributed by atoms with Gasteiger partial charge in [-0.05, 0) is 31.5 Å². The standard InChI is InChI=1S/C14H21FN2O2/c1-3-4-10(2)19-8-7-14(18)17-13-9-11(16)5-6-12(13)15/h5-6,9-10H,3-4,7-8,16H2,1-2H3,(H,17,18). The number of hydrogen-bond donors (Lipinski definition) is 2. The number of halogens is 1. The molecule has 1 aromatic rings. The summed E-state index contributed by atoms with van der Waals surface area (Å²) < 4.78 is 18.8. The number of nitrogen functional groups attached to an aromatic ring is 1. The molecule has 1 amide bonds. The maximum Gasteiger partial charge on any atom is 0.226 e. The molecule has 1 rings (SSSR count). The van der Waals surface area contributed by atoms with Crippen molar-refractivity contribution in [3.05, 3.63) is 24.0 Å². The molecule has 1 unspecified atom stereocenters. The van der Waals surface area contributed by atoms with E-state index in [-0.39, 0.29) is 24.1 Å². The molecule has 0 aliphatic rings. The van der Waals surface area contributed by atoms with E-state index in [1.807, 2.05) is 6.92 Å². The van der Waals surface area contributed by atoms with Gasteiger partial charge in [-0.1, -0.05) is 13.3 Å². The third kappa shape index (κ3) is 5.70. The van der Waals surface area contributed by atoms with Crippen molar-refractivity contribution in [1.29, 1.82) is 0 Å². The maximum absolute atomic E-state index is 13.4. The predicted molar refractivity (Wildman–Crippen MR) is 74.4 cm³/mol. The van der Waals surface area contributed by atoms with E-state index >= 15 is 0 Å². The number of anilines is 2. The number of amides is 1. The zero-order valence-electron chi connectivity index (χ0n) is 11.4. The third-order valence-electron chi connectivity index (χ3n) is 2.69. The quantitative estimate of drug-likeness (QED) is 0.747. The van der Waals surface area contributed by atoms with Gasteiger partial charge in [-0.2, -0.15) is 0 Å². The van der Waals surface area contributed by atoms with E-state index < -0.39 is 5.82 Å². The lowest BCUT2D eigenvalue weighted by Gasteiger charge is -2.12. The van der Waals surface area contributed by atoms with Crippen LogP contribution in [-0.2, 0) is 9.53 Å². The first-order chi connectivity index (χ1) is 9.02. The smallest absolute Gasteiger partial charge is 0.226 e. The van der Waals surface area contributed by atoms with Crippen molar-refractivity contribution < 1.29 is 13.9 Å². The van der Waals surface area contributed by atoms with Crippen LogP contribution < -0.4 is 11.1 Å². The van der Waals surface area contributed by atoms with Gasteiger partial charge >= 0.3 is 0 Å². The first-order valence-corrected chi connectivity index (χ1v) is 6.49. The molecule has 0 heterocycles. The van der Waals surface area contributed by atoms with Crippen molar-refractivity contribution in [3.63, 3.8) is 0 Å². The van der Waals surface area contributed by atoms with Crippen LogP contribution in [-0.4, -0.2) is 18.6 Å². The summed E-state index contributed by atoms with van der Waals surface area (Å²) in [6.45, 7) is 4.38. The van der Waals surface area contributed by atoms with E-state index in [4.69, 9.17) is 10.5 Å². The fraction of sp³-hybridized carbons (Fsp3) is 0.500. The highest BCUT2D eigenvalue weighted by Crippen LogP contribution is 2.17. The van der Waals surface area contributed by atoms with Gasteiger partial charge in [-0.25, -0.2) is 4.39 Å². The number of hydrogen-bond acceptors (Lipinski definition) is 3. The average molecular weight is 268 g/mol. The van der Waals surface area contributed by atoms with Crippen LogP contribution in [0.1, 0.15) is 33.1 Å². The van der Waals surface area contributed by atoms with Crippen LogP contribution in [0.25, 0.3) is 0 Å². The van der Waals surface area contributed by atoms with Gasteiger partial charge in [0.1, 0.15) is 5.82 Å². The van der Waals surface area contributed by atoms with E-state index in [0.717, 1.165) is 12.8 Å². The summed E-state index contributed by atoms with van der Waals surface area (Å²) in [6, 6.07) is 4.07. The first kappa shape index (κ1) is 15.4. The van der Waals surface area contributed by atoms with Crippen LogP contribution in [0.3, 0.4) is 0 Å². The number of rotatable bonds is 7. The highest BCUT2D eigenvalue weighted by molar-refractivity contribution is 5.91. The SMILES string of the molecule is CCCC(C)OCCC(=O)Nc1cc(N)ccc1F. The number of carbonyl (C=O) groups is 1. The highest BCUT2D eigenvalue weighted by Gasteiger charge is 2.08. The van der Waals surface area contributed by atoms with Crippen molar-refractivity contribution in [2.75, 3.05) is 17.7 Å². The number of carbonyl (C=O) groups excluding carboxylic acids is 1. The Morgan fingerprint density at radius 1 is 1.53 bits per heavy atom. The number of nitrogens with one attached hydrogen (secondary N) is 1. The van der Waals surface area contributed by atoms with Gasteiger partial charge in [0.05, 0.1) is 24.8 Å². The molecule has 19 heavy (non-hydrogen) atoms. The highest BCUT2D eigenvalue weighted by atomic mass is 19.1. The molecule has 106 valence electrons. The molecule has 0 aliphatic heterocycles. The molecule has 3 N–H and O–H groups in total. The molecular weight excluding hydrogens is 247 g/mol. The van der Waals surface area contributed by atoms with Gasteiger partial charge in [-0.15, -0.1) is 0 Å². The zero-order valence-corrected chi connectivity index (χ0v) is 11.4. The summed E-state index contributed by atoms with van der Waals surface area (Å²) >= 11 is 0. The second-order valence-electron chi connectivity index (χ2n) is 4.51. The van der Waals surface area contributed by atoms with E-state index in [1.54, 1.807) is 0 Å². The zero-order chi connectivity index (χ0) is 14.3. The summed E-state index contributed by atoms with van der Waals surface area (Å²) in [5.74, 6) is -0.781. The van der Waals surface area contributed by atoms with Crippen LogP contribution in [0.2, 0.25) is 0 Å². The first-order valence-electron chi connectivity index (χ1n) is 6.49. The molecule has 1 aromatic carbocycles. The molecule has 0 saturated heterocycles. The van der Waals surface area contributed by atoms with Crippen molar-refractivity contribution in [2.24, 2.45) is 0 Å². The van der Waals surface area contributed by atoms with E-state index in [1.165, 1.54) is 18.2 Å². The Balaban J connectivity index is 2.37. The van der Waals surface area contributed by atoms with Gasteiger partial charge in [0.25, 0.3) is 0 Å². The molecule has 0 spiro atoms. The molecule has 0 radical (unpaired) electrons. The predicted octanol–water partition coefficient (Wildman–Crippen LogP) is 2.94. The second kappa shape index (κ2) is 7.74. The monoisotopic (exact) mass is 268 g/mol. The Hall–Kier alpha value is -1.62. The number of nitrogens with two attached hydrogens (primary N) is 1. The van der Waals surface area contributed by atoms with Crippen LogP contribution in [0.5, 0.6) is 0 Å². The maximum atomic E-state index is 13.4. The minimum absolute atomic E-state index is 0.103. The van der Waals surface area contributed by atoms with E-state index in [9.17, 15) is 9.18 Å². The van der Waals surface area contributed by atoms with Crippen LogP contribution in [0.15, 0.2) is 18.2 Å². The van der Waals surface area contributed by atoms with Crippen molar-refractivity contribution >= 4 is 17.3 Å². The Bertz CT molecular complexity index is 424. The molecule has 1 atom stereocenters. The molecule has 0 saturated carbocycles. The molecule has 0 bridgehead atoms. The Labute approximate surface area is 113 Å². The van der Waals surface area contributed by atoms with Gasteiger partial charge < -0.3 is 15.8 Å². The lowest BCUT2D eigenvalue weighted by molar-refractivity contribution is -0.117. The Morgan fingerprint density at radius 2 is 2.26 bits per heavy atom. The minimum atomic E-state index is -0.497. The number of benzene rings is 1. The van der Waals surface area contributed by atoms with Crippen LogP contribution in [0, 0.1) is 5.82 Å². The fourth-order valence-corrected chi connectivity index (χ4v) is 1.69. The Morgan fingerprint density at radius 3 is 2.95 bits per heavy atom. The fourth-order valence-electron chi connectivity index (χ4n) is 1.69. The topological polar surface area (TPSA) is 64.3 Å². The molecule has 0 aliphatic carbocycles. The molecule has 5 heteroatoms. The van der Waals surface area contributed by atoms with Crippen molar-refractivity contribution in [3.8, 4) is 0 Å². The molecular formula is C14H21FN2O2. The summed E-state index contributed by atoms with van der Waals surface area (Å²) in [6.07, 6.45) is 2.34. The summed E-state index contributed by atoms with van der Waals surface area (Å²) in [4.78, 5) is 11.6. The molecule has 4 nitrogen and oxygen atoms in total. The van der Waals surface area contributed by atoms with Crippen molar-refractivity contribution in [2.45, 2.75) is 39.2 Å². The lowest BCUT2D eigenvalue weighted by Crippen LogP contribution is -2.17. The summed E-state index contributed by atoms with van der Waals surface area (Å²) in [5.41, 5.74) is 6.04. The number of ether oxygens (including phenoxy) is 1. The summed E-state index contributed by atoms with van der Waals surface area (Å²) in [7, 11) is 0. The second-order valence-corrected chi connectivity index (χ2v) is 4.51. The van der Waals surface area contributed by atoms with Crippen molar-refractivity contribution in [1.82, 2.24) is 0 Å². The lowest BCUT2D eigenvalue weighted by atomic mass is 10.2. The van der Waals surface area contributed by atoms with Gasteiger partial charge in [0, 0.05) is 5.69 Å². The molecule has 0 aromatic heterocycles. The summed E-state index contributed by atoms with van der Waals surface area (Å²) in [5, 5.41) is 2.48. The minimum Gasteiger partial charge on any atom is -0.399 e. The average Bonchev–Trinajstić information content (AvgIpc) is 2.34. The van der Waals surface area contributed by atoms with Gasteiger partial charge in [-0.3, -0.25) is 4.79 Å². The Kier molecular flexibility index (Phi) is 6.29. The largest absolute Gasteiger partial charge is 0.399 e. The van der Waals surface area contributed by atoms with Gasteiger partial charge in [0.2, 0.25) is 5.91 Å². The van der Waals surface area contributed by atoms with Crippen LogP contribution in [0.4, 0.5) is 15.8 Å². The molecule has 0 fully saturated rings. The third-order valence-corrected chi connectivity index (χ3v) is 2.69. The van der Waals surface area contributed by atoms with Gasteiger partial charge in [0.15, 0.2) is 0 Å².